The Bertz CT molecular complexity index is 900. The van der Waals surface area contributed by atoms with Gasteiger partial charge in [0.25, 0.3) is 5.88 Å². The number of hydrogen-bond donors (Lipinski definition) is 1. The number of rotatable bonds is 4. The number of imidazole rings is 1. The lowest BCUT2D eigenvalue weighted by Gasteiger charge is -2.09. The maximum absolute atomic E-state index is 13.5. The van der Waals surface area contributed by atoms with Gasteiger partial charge in [-0.15, -0.1) is 0 Å². The third-order valence-corrected chi connectivity index (χ3v) is 3.39. The molecule has 0 saturated heterocycles. The Morgan fingerprint density at radius 2 is 1.96 bits per heavy atom. The normalized spacial score (nSPS) is 11.7. The number of nitrogens with two attached hydrogens (primary N) is 1. The minimum Gasteiger partial charge on any atom is -0.475 e. The van der Waals surface area contributed by atoms with Crippen molar-refractivity contribution in [3.05, 3.63) is 30.6 Å². The van der Waals surface area contributed by atoms with Crippen LogP contribution in [0.1, 0.15) is 12.6 Å². The molecule has 0 atom stereocenters. The summed E-state index contributed by atoms with van der Waals surface area (Å²) in [6, 6.07) is 0. The van der Waals surface area contributed by atoms with E-state index in [4.69, 9.17) is 10.5 Å². The Labute approximate surface area is 140 Å². The van der Waals surface area contributed by atoms with Crippen LogP contribution in [0.2, 0.25) is 0 Å². The van der Waals surface area contributed by atoms with Crippen LogP contribution in [0.5, 0.6) is 5.88 Å². The molecule has 0 aliphatic carbocycles. The molecule has 132 valence electrons. The van der Waals surface area contributed by atoms with E-state index in [2.05, 4.69) is 20.1 Å². The highest BCUT2D eigenvalue weighted by Crippen LogP contribution is 2.40. The van der Waals surface area contributed by atoms with Gasteiger partial charge >= 0.3 is 6.18 Å². The van der Waals surface area contributed by atoms with E-state index in [-0.39, 0.29) is 35.4 Å². The molecule has 3 heterocycles. The zero-order chi connectivity index (χ0) is 18.2. The van der Waals surface area contributed by atoms with E-state index >= 15 is 0 Å². The first-order valence-corrected chi connectivity index (χ1v) is 7.21. The molecular weight excluding hydrogens is 339 g/mol. The van der Waals surface area contributed by atoms with Gasteiger partial charge in [0.2, 0.25) is 5.82 Å². The molecule has 0 radical (unpaired) electrons. The second-order valence-electron chi connectivity index (χ2n) is 5.03. The molecule has 0 aliphatic rings. The van der Waals surface area contributed by atoms with Crippen molar-refractivity contribution in [3.8, 4) is 23.0 Å². The van der Waals surface area contributed by atoms with E-state index < -0.39 is 11.9 Å². The summed E-state index contributed by atoms with van der Waals surface area (Å²) in [6.45, 7) is 1.97. The quantitative estimate of drug-likeness (QED) is 0.771. The molecule has 2 N–H and O–H groups in total. The van der Waals surface area contributed by atoms with Gasteiger partial charge in [0.05, 0.1) is 30.4 Å². The van der Waals surface area contributed by atoms with Crippen LogP contribution >= 0.6 is 0 Å². The molecule has 0 saturated carbocycles. The summed E-state index contributed by atoms with van der Waals surface area (Å²) in [5.74, 6) is -0.234. The summed E-state index contributed by atoms with van der Waals surface area (Å²) in [5.41, 5.74) is 4.76. The van der Waals surface area contributed by atoms with Gasteiger partial charge in [-0.05, 0) is 6.92 Å². The monoisotopic (exact) mass is 353 g/mol. The van der Waals surface area contributed by atoms with Crippen LogP contribution in [-0.2, 0) is 13.2 Å². The highest BCUT2D eigenvalue weighted by atomic mass is 19.4. The number of ether oxygens (including phenoxy) is 1. The first-order chi connectivity index (χ1) is 11.8. The van der Waals surface area contributed by atoms with Crippen molar-refractivity contribution in [3.63, 3.8) is 0 Å². The largest absolute Gasteiger partial charge is 0.475 e. The lowest BCUT2D eigenvalue weighted by Crippen LogP contribution is -2.11. The predicted molar refractivity (Wildman–Crippen MR) is 81.9 cm³/mol. The van der Waals surface area contributed by atoms with Crippen molar-refractivity contribution >= 4 is 5.82 Å². The highest BCUT2D eigenvalue weighted by Gasteiger charge is 2.40. The summed E-state index contributed by atoms with van der Waals surface area (Å²) in [5, 5.41) is 3.63. The Balaban J connectivity index is 2.28. The fraction of sp³-hybridized carbons (Fsp3) is 0.286. The molecule has 3 aromatic rings. The minimum atomic E-state index is -4.72. The molecular formula is C14H14F3N7O. The van der Waals surface area contributed by atoms with E-state index in [0.29, 0.717) is 0 Å². The second-order valence-corrected chi connectivity index (χ2v) is 5.03. The third-order valence-electron chi connectivity index (χ3n) is 3.39. The van der Waals surface area contributed by atoms with Gasteiger partial charge in [0.1, 0.15) is 5.82 Å². The summed E-state index contributed by atoms with van der Waals surface area (Å²) < 4.78 is 48.1. The Morgan fingerprint density at radius 1 is 1.24 bits per heavy atom. The molecule has 3 rings (SSSR count). The zero-order valence-electron chi connectivity index (χ0n) is 13.3. The van der Waals surface area contributed by atoms with Crippen molar-refractivity contribution in [2.45, 2.75) is 13.1 Å². The van der Waals surface area contributed by atoms with Crippen LogP contribution in [0.4, 0.5) is 19.0 Å². The maximum atomic E-state index is 13.5. The molecule has 0 spiro atoms. The van der Waals surface area contributed by atoms with Crippen molar-refractivity contribution in [2.24, 2.45) is 7.05 Å². The third kappa shape index (κ3) is 2.88. The minimum absolute atomic E-state index is 0.0271. The zero-order valence-corrected chi connectivity index (χ0v) is 13.3. The molecule has 0 fully saturated rings. The summed E-state index contributed by atoms with van der Waals surface area (Å²) in [6.07, 6.45) is 0.622. The lowest BCUT2D eigenvalue weighted by atomic mass is 10.1. The van der Waals surface area contributed by atoms with Crippen molar-refractivity contribution in [1.29, 1.82) is 0 Å². The first-order valence-electron chi connectivity index (χ1n) is 7.21. The van der Waals surface area contributed by atoms with Crippen molar-refractivity contribution in [1.82, 2.24) is 29.3 Å². The van der Waals surface area contributed by atoms with Crippen LogP contribution in [0.3, 0.4) is 0 Å². The smallest absolute Gasteiger partial charge is 0.435 e. The molecule has 0 aromatic carbocycles. The summed E-state index contributed by atoms with van der Waals surface area (Å²) in [4.78, 5) is 11.8. The molecule has 0 amide bonds. The molecule has 0 bridgehead atoms. The van der Waals surface area contributed by atoms with Crippen molar-refractivity contribution in [2.75, 3.05) is 12.3 Å². The van der Waals surface area contributed by atoms with Gasteiger partial charge in [-0.25, -0.2) is 15.0 Å². The predicted octanol–water partition coefficient (Wildman–Crippen LogP) is 2.06. The number of nitrogen functional groups attached to an aromatic ring is 1. The van der Waals surface area contributed by atoms with Crippen LogP contribution in [0.25, 0.3) is 17.1 Å². The van der Waals surface area contributed by atoms with Crippen LogP contribution in [-0.4, -0.2) is 35.9 Å². The average molecular weight is 353 g/mol. The van der Waals surface area contributed by atoms with Gasteiger partial charge in [0, 0.05) is 19.4 Å². The highest BCUT2D eigenvalue weighted by molar-refractivity contribution is 5.76. The summed E-state index contributed by atoms with van der Waals surface area (Å²) >= 11 is 0. The number of hydrogen-bond acceptors (Lipinski definition) is 6. The van der Waals surface area contributed by atoms with E-state index in [1.807, 2.05) is 0 Å². The fourth-order valence-electron chi connectivity index (χ4n) is 2.34. The molecule has 3 aromatic heterocycles. The standard InChI is InChI=1S/C14H14F3N7O/c1-3-25-13-12(20-4-5-21-13)24-11(18)9(8-6-19-7-23(8)2)10(22-24)14(15,16)17/h4-7H,3,18H2,1-2H3. The number of anilines is 1. The Hall–Kier alpha value is -3.11. The molecule has 11 heteroatoms. The molecule has 8 nitrogen and oxygen atoms in total. The molecule has 0 aliphatic heterocycles. The van der Waals surface area contributed by atoms with E-state index in [1.54, 1.807) is 14.0 Å². The SMILES string of the molecule is CCOc1nccnc1-n1nc(C(F)(F)F)c(-c2cncn2C)c1N. The van der Waals surface area contributed by atoms with Gasteiger partial charge in [0.15, 0.2) is 5.69 Å². The van der Waals surface area contributed by atoms with Crippen LogP contribution in [0, 0.1) is 0 Å². The van der Waals surface area contributed by atoms with E-state index in [0.717, 1.165) is 4.68 Å². The summed E-state index contributed by atoms with van der Waals surface area (Å²) in [7, 11) is 1.56. The first kappa shape index (κ1) is 16.7. The molecule has 25 heavy (non-hydrogen) atoms. The Morgan fingerprint density at radius 3 is 2.56 bits per heavy atom. The fourth-order valence-corrected chi connectivity index (χ4v) is 2.34. The van der Waals surface area contributed by atoms with Gasteiger partial charge < -0.3 is 15.0 Å². The number of halogens is 3. The lowest BCUT2D eigenvalue weighted by molar-refractivity contribution is -0.140. The molecule has 0 unspecified atom stereocenters. The van der Waals surface area contributed by atoms with Gasteiger partial charge in [-0.3, -0.25) is 0 Å². The maximum Gasteiger partial charge on any atom is 0.435 e. The number of nitrogens with zero attached hydrogens (tertiary/aromatic N) is 6. The average Bonchev–Trinajstić information content (AvgIpc) is 3.11. The number of alkyl halides is 3. The topological polar surface area (TPSA) is 96.7 Å². The second kappa shape index (κ2) is 6.07. The van der Waals surface area contributed by atoms with E-state index in [1.165, 1.54) is 29.5 Å². The van der Waals surface area contributed by atoms with Crippen LogP contribution < -0.4 is 10.5 Å². The van der Waals surface area contributed by atoms with Gasteiger partial charge in [-0.2, -0.15) is 23.0 Å². The number of aryl methyl sites for hydroxylation is 1. The van der Waals surface area contributed by atoms with Gasteiger partial charge in [-0.1, -0.05) is 0 Å². The Kier molecular flexibility index (Phi) is 4.07. The number of aromatic nitrogens is 6. The van der Waals surface area contributed by atoms with Crippen molar-refractivity contribution < 1.29 is 17.9 Å². The van der Waals surface area contributed by atoms with E-state index in [9.17, 15) is 13.2 Å². The van der Waals surface area contributed by atoms with Crippen LogP contribution in [0.15, 0.2) is 24.9 Å².